The third-order valence-electron chi connectivity index (χ3n) is 5.44. The number of piperidine rings is 1. The van der Waals surface area contributed by atoms with Gasteiger partial charge < -0.3 is 10.6 Å². The molecule has 0 amide bonds. The monoisotopic (exact) mass is 389 g/mol. The Kier molecular flexibility index (Phi) is 5.29. The van der Waals surface area contributed by atoms with E-state index in [1.807, 2.05) is 36.0 Å². The van der Waals surface area contributed by atoms with Crippen LogP contribution in [0.2, 0.25) is 0 Å². The highest BCUT2D eigenvalue weighted by Gasteiger charge is 2.18. The van der Waals surface area contributed by atoms with E-state index in [0.717, 1.165) is 42.3 Å². The third kappa shape index (κ3) is 3.85. The smallest absolute Gasteiger partial charge is 0.132 e. The predicted octanol–water partition coefficient (Wildman–Crippen LogP) is 3.66. The van der Waals surface area contributed by atoms with E-state index >= 15 is 0 Å². The second-order valence-electron chi connectivity index (χ2n) is 7.50. The average molecular weight is 390 g/mol. The number of rotatable bonds is 5. The molecule has 3 aromatic heterocycles. The summed E-state index contributed by atoms with van der Waals surface area (Å²) >= 11 is 0. The highest BCUT2D eigenvalue weighted by Crippen LogP contribution is 2.26. The Morgan fingerprint density at radius 2 is 1.97 bits per heavy atom. The summed E-state index contributed by atoms with van der Waals surface area (Å²) in [6, 6.07) is 5.81. The van der Waals surface area contributed by atoms with Gasteiger partial charge in [0.15, 0.2) is 0 Å². The van der Waals surface area contributed by atoms with Gasteiger partial charge in [-0.05, 0) is 50.8 Å². The first-order valence-electron chi connectivity index (χ1n) is 10.2. The van der Waals surface area contributed by atoms with E-state index in [4.69, 9.17) is 16.1 Å². The molecule has 3 aromatic rings. The molecule has 0 aromatic carbocycles. The van der Waals surface area contributed by atoms with Gasteiger partial charge in [-0.1, -0.05) is 6.07 Å². The fraction of sp³-hybridized carbons (Fsp3) is 0.364. The van der Waals surface area contributed by atoms with Crippen molar-refractivity contribution in [1.82, 2.24) is 19.7 Å². The molecule has 0 spiro atoms. The van der Waals surface area contributed by atoms with Gasteiger partial charge in [0, 0.05) is 37.0 Å². The van der Waals surface area contributed by atoms with Crippen LogP contribution in [0.3, 0.4) is 0 Å². The SMILES string of the molecule is CCn1cc(-c2cc(C(=N)c3ccc(C)c(N4CCCCC4)n3)c(N)cn2)cn1. The van der Waals surface area contributed by atoms with Crippen LogP contribution in [0.1, 0.15) is 43.0 Å². The molecule has 1 aliphatic rings. The van der Waals surface area contributed by atoms with Gasteiger partial charge in [-0.3, -0.25) is 15.1 Å². The Morgan fingerprint density at radius 3 is 2.69 bits per heavy atom. The van der Waals surface area contributed by atoms with Crippen LogP contribution >= 0.6 is 0 Å². The molecule has 29 heavy (non-hydrogen) atoms. The van der Waals surface area contributed by atoms with Crippen LogP contribution in [0, 0.1) is 12.3 Å². The van der Waals surface area contributed by atoms with Gasteiger partial charge in [-0.2, -0.15) is 5.10 Å². The van der Waals surface area contributed by atoms with Crippen molar-refractivity contribution in [3.63, 3.8) is 0 Å². The highest BCUT2D eigenvalue weighted by atomic mass is 15.3. The molecular weight excluding hydrogens is 362 g/mol. The minimum absolute atomic E-state index is 0.312. The van der Waals surface area contributed by atoms with Crippen molar-refractivity contribution in [3.8, 4) is 11.3 Å². The largest absolute Gasteiger partial charge is 0.397 e. The molecule has 1 fully saturated rings. The van der Waals surface area contributed by atoms with E-state index in [1.165, 1.54) is 19.3 Å². The number of anilines is 2. The molecule has 0 atom stereocenters. The molecule has 150 valence electrons. The number of pyridine rings is 2. The lowest BCUT2D eigenvalue weighted by Crippen LogP contribution is -2.31. The van der Waals surface area contributed by atoms with Crippen LogP contribution in [0.15, 0.2) is 36.8 Å². The van der Waals surface area contributed by atoms with Crippen molar-refractivity contribution in [2.45, 2.75) is 39.7 Å². The van der Waals surface area contributed by atoms with E-state index < -0.39 is 0 Å². The summed E-state index contributed by atoms with van der Waals surface area (Å²) < 4.78 is 1.85. The predicted molar refractivity (Wildman–Crippen MR) is 117 cm³/mol. The molecule has 1 saturated heterocycles. The van der Waals surface area contributed by atoms with E-state index in [-0.39, 0.29) is 0 Å². The number of nitrogens with zero attached hydrogens (tertiary/aromatic N) is 5. The number of aromatic nitrogens is 4. The van der Waals surface area contributed by atoms with E-state index in [9.17, 15) is 0 Å². The normalized spacial score (nSPS) is 14.2. The lowest BCUT2D eigenvalue weighted by atomic mass is 10.0. The molecule has 0 saturated carbocycles. The van der Waals surface area contributed by atoms with Crippen LogP contribution in [0.5, 0.6) is 0 Å². The first-order chi connectivity index (χ1) is 14.1. The zero-order chi connectivity index (χ0) is 20.4. The summed E-state index contributed by atoms with van der Waals surface area (Å²) in [5.41, 5.74) is 11.0. The van der Waals surface area contributed by atoms with Gasteiger partial charge in [-0.25, -0.2) is 4.98 Å². The van der Waals surface area contributed by atoms with Gasteiger partial charge >= 0.3 is 0 Å². The van der Waals surface area contributed by atoms with Crippen molar-refractivity contribution in [2.75, 3.05) is 23.7 Å². The fourth-order valence-electron chi connectivity index (χ4n) is 3.73. The van der Waals surface area contributed by atoms with Crippen molar-refractivity contribution >= 4 is 17.2 Å². The summed E-state index contributed by atoms with van der Waals surface area (Å²) in [5, 5.41) is 13.1. The van der Waals surface area contributed by atoms with Gasteiger partial charge in [0.1, 0.15) is 5.82 Å². The van der Waals surface area contributed by atoms with Crippen LogP contribution in [-0.2, 0) is 6.54 Å². The molecule has 4 rings (SSSR count). The minimum Gasteiger partial charge on any atom is -0.397 e. The number of hydrogen-bond donors (Lipinski definition) is 2. The molecule has 7 nitrogen and oxygen atoms in total. The second kappa shape index (κ2) is 8.03. The highest BCUT2D eigenvalue weighted by molar-refractivity contribution is 6.13. The lowest BCUT2D eigenvalue weighted by molar-refractivity contribution is 0.572. The molecule has 0 radical (unpaired) electrons. The second-order valence-corrected chi connectivity index (χ2v) is 7.50. The average Bonchev–Trinajstić information content (AvgIpc) is 3.24. The number of nitrogens with one attached hydrogen (secondary N) is 1. The zero-order valence-corrected chi connectivity index (χ0v) is 17.0. The van der Waals surface area contributed by atoms with E-state index in [1.54, 1.807) is 12.4 Å². The summed E-state index contributed by atoms with van der Waals surface area (Å²) in [6.07, 6.45) is 9.00. The number of hydrogen-bond acceptors (Lipinski definition) is 6. The number of aryl methyl sites for hydroxylation is 2. The minimum atomic E-state index is 0.312. The fourth-order valence-corrected chi connectivity index (χ4v) is 3.73. The Balaban J connectivity index is 1.68. The number of nitrogen functional groups attached to an aromatic ring is 1. The van der Waals surface area contributed by atoms with Crippen molar-refractivity contribution in [2.24, 2.45) is 0 Å². The molecule has 3 N–H and O–H groups in total. The standard InChI is InChI=1S/C22H27N7/c1-3-29-14-16(12-26-29)20-11-17(18(23)13-25-20)21(24)19-8-7-15(2)22(27-19)28-9-5-4-6-10-28/h7-8,11-14,24H,3-6,9-10,23H2,1-2H3. The zero-order valence-electron chi connectivity index (χ0n) is 17.0. The maximum Gasteiger partial charge on any atom is 0.132 e. The summed E-state index contributed by atoms with van der Waals surface area (Å²) in [6.45, 7) is 6.96. The summed E-state index contributed by atoms with van der Waals surface area (Å²) in [7, 11) is 0. The topological polar surface area (TPSA) is 96.7 Å². The first-order valence-corrected chi connectivity index (χ1v) is 10.2. The van der Waals surface area contributed by atoms with Crippen LogP contribution < -0.4 is 10.6 Å². The first kappa shape index (κ1) is 19.1. The third-order valence-corrected chi connectivity index (χ3v) is 5.44. The number of nitrogens with two attached hydrogens (primary N) is 1. The van der Waals surface area contributed by atoms with Gasteiger partial charge in [0.25, 0.3) is 0 Å². The molecule has 4 heterocycles. The molecule has 0 aliphatic carbocycles. The molecule has 1 aliphatic heterocycles. The van der Waals surface area contributed by atoms with Gasteiger partial charge in [0.05, 0.1) is 35.2 Å². The molecule has 0 unspecified atom stereocenters. The molecule has 0 bridgehead atoms. The Bertz CT molecular complexity index is 1030. The summed E-state index contributed by atoms with van der Waals surface area (Å²) in [5.74, 6) is 0.976. The Morgan fingerprint density at radius 1 is 1.17 bits per heavy atom. The Labute approximate surface area is 171 Å². The molecular formula is C22H27N7. The van der Waals surface area contributed by atoms with Crippen LogP contribution in [0.4, 0.5) is 11.5 Å². The quantitative estimate of drug-likeness (QED) is 0.649. The summed E-state index contributed by atoms with van der Waals surface area (Å²) in [4.78, 5) is 11.6. The van der Waals surface area contributed by atoms with Crippen LogP contribution in [0.25, 0.3) is 11.3 Å². The molecule has 7 heteroatoms. The lowest BCUT2D eigenvalue weighted by Gasteiger charge is -2.29. The van der Waals surface area contributed by atoms with E-state index in [0.29, 0.717) is 22.7 Å². The van der Waals surface area contributed by atoms with Crippen molar-refractivity contribution in [3.05, 3.63) is 53.6 Å². The van der Waals surface area contributed by atoms with Crippen molar-refractivity contribution < 1.29 is 0 Å². The maximum atomic E-state index is 8.78. The van der Waals surface area contributed by atoms with Gasteiger partial charge in [0.2, 0.25) is 0 Å². The Hall–Kier alpha value is -3.22. The van der Waals surface area contributed by atoms with Crippen LogP contribution in [-0.4, -0.2) is 38.5 Å². The van der Waals surface area contributed by atoms with Crippen molar-refractivity contribution in [1.29, 1.82) is 5.41 Å². The van der Waals surface area contributed by atoms with E-state index in [2.05, 4.69) is 21.9 Å². The van der Waals surface area contributed by atoms with Gasteiger partial charge in [-0.15, -0.1) is 0 Å². The maximum absolute atomic E-state index is 8.78.